The molecule has 0 radical (unpaired) electrons. The van der Waals surface area contributed by atoms with E-state index in [-0.39, 0.29) is 11.9 Å². The molecule has 1 amide bonds. The van der Waals surface area contributed by atoms with Gasteiger partial charge in [0.05, 0.1) is 24.8 Å². The first-order valence-electron chi connectivity index (χ1n) is 9.34. The highest BCUT2D eigenvalue weighted by Gasteiger charge is 2.25. The van der Waals surface area contributed by atoms with E-state index in [1.54, 1.807) is 25.3 Å². The zero-order valence-corrected chi connectivity index (χ0v) is 15.6. The average molecular weight is 360 g/mol. The zero-order valence-electron chi connectivity index (χ0n) is 15.6. The highest BCUT2D eigenvalue weighted by molar-refractivity contribution is 5.92. The summed E-state index contributed by atoms with van der Waals surface area (Å²) >= 11 is 0. The third-order valence-electron chi connectivity index (χ3n) is 4.99. The van der Waals surface area contributed by atoms with Crippen molar-refractivity contribution in [2.45, 2.75) is 31.7 Å². The summed E-state index contributed by atoms with van der Waals surface area (Å²) in [7, 11) is 1.66. The number of rotatable bonds is 4. The number of hydrogen-bond donors (Lipinski definition) is 0. The molecule has 0 N–H and O–H groups in total. The minimum Gasteiger partial charge on any atom is -0.497 e. The van der Waals surface area contributed by atoms with Crippen LogP contribution < -0.4 is 4.74 Å². The topological polar surface area (TPSA) is 53.3 Å². The van der Waals surface area contributed by atoms with Crippen molar-refractivity contribution >= 4 is 12.0 Å². The minimum absolute atomic E-state index is 0.0297. The molecule has 0 unspecified atom stereocenters. The number of amides is 1. The van der Waals surface area contributed by atoms with Gasteiger partial charge in [-0.3, -0.25) is 4.79 Å². The zero-order chi connectivity index (χ0) is 19.1. The fourth-order valence-electron chi connectivity index (χ4n) is 3.48. The maximum atomic E-state index is 12.9. The highest BCUT2D eigenvalue weighted by atomic mass is 16.5. The van der Waals surface area contributed by atoms with Crippen LogP contribution in [-0.4, -0.2) is 24.5 Å². The maximum absolute atomic E-state index is 12.9. The monoisotopic (exact) mass is 360 g/mol. The Labute approximate surface area is 160 Å². The van der Waals surface area contributed by atoms with Gasteiger partial charge in [0.2, 0.25) is 5.91 Å². The van der Waals surface area contributed by atoms with Gasteiger partial charge in [0.1, 0.15) is 5.75 Å². The summed E-state index contributed by atoms with van der Waals surface area (Å²) in [4.78, 5) is 14.9. The van der Waals surface area contributed by atoms with Crippen molar-refractivity contribution in [3.05, 3.63) is 71.3 Å². The van der Waals surface area contributed by atoms with Crippen LogP contribution in [0.4, 0.5) is 0 Å². The molecule has 1 heterocycles. The van der Waals surface area contributed by atoms with Crippen LogP contribution in [-0.2, 0) is 4.79 Å². The van der Waals surface area contributed by atoms with Crippen molar-refractivity contribution in [2.75, 3.05) is 13.7 Å². The Bertz CT molecular complexity index is 832. The van der Waals surface area contributed by atoms with E-state index >= 15 is 0 Å². The molecule has 0 saturated carbocycles. The summed E-state index contributed by atoms with van der Waals surface area (Å²) in [5.74, 6) is 0.855. The van der Waals surface area contributed by atoms with Crippen LogP contribution in [0.5, 0.6) is 5.75 Å². The highest BCUT2D eigenvalue weighted by Crippen LogP contribution is 2.31. The smallest absolute Gasteiger partial charge is 0.247 e. The molecular weight excluding hydrogens is 336 g/mol. The summed E-state index contributed by atoms with van der Waals surface area (Å²) in [6.45, 7) is 0.771. The van der Waals surface area contributed by atoms with Crippen molar-refractivity contribution < 1.29 is 9.53 Å². The number of hydrogen-bond acceptors (Lipinski definition) is 3. The lowest BCUT2D eigenvalue weighted by atomic mass is 10.0. The lowest BCUT2D eigenvalue weighted by molar-refractivity contribution is -0.128. The van der Waals surface area contributed by atoms with Crippen molar-refractivity contribution in [3.8, 4) is 11.8 Å². The lowest BCUT2D eigenvalue weighted by Crippen LogP contribution is -2.33. The van der Waals surface area contributed by atoms with Crippen LogP contribution >= 0.6 is 0 Å². The van der Waals surface area contributed by atoms with Crippen LogP contribution in [0.2, 0.25) is 0 Å². The summed E-state index contributed by atoms with van der Waals surface area (Å²) in [5.41, 5.74) is 2.68. The van der Waals surface area contributed by atoms with E-state index in [4.69, 9.17) is 10.00 Å². The quantitative estimate of drug-likeness (QED) is 0.741. The number of likely N-dealkylation sites (tertiary alicyclic amines) is 1. The standard InChI is InChI=1S/C23H24N2O2/c1-27-21-13-11-20(12-14-21)22-5-3-2-4-16-25(22)23(26)15-10-18-6-8-19(17-24)9-7-18/h6-15,22H,2-5,16H2,1H3/b15-10+/t22-/m0/s1. The van der Waals surface area contributed by atoms with Crippen LogP contribution in [0.15, 0.2) is 54.6 Å². The third-order valence-corrected chi connectivity index (χ3v) is 4.99. The molecule has 2 aromatic rings. The molecule has 1 aliphatic heterocycles. The molecule has 2 aromatic carbocycles. The van der Waals surface area contributed by atoms with E-state index in [0.29, 0.717) is 5.56 Å². The first-order chi connectivity index (χ1) is 13.2. The predicted octanol–water partition coefficient (Wildman–Crippen LogP) is 4.72. The van der Waals surface area contributed by atoms with Gasteiger partial charge in [-0.2, -0.15) is 5.26 Å². The fourth-order valence-corrected chi connectivity index (χ4v) is 3.48. The predicted molar refractivity (Wildman–Crippen MR) is 106 cm³/mol. The van der Waals surface area contributed by atoms with E-state index in [0.717, 1.165) is 49.1 Å². The van der Waals surface area contributed by atoms with Crippen LogP contribution in [0.3, 0.4) is 0 Å². The molecule has 1 fully saturated rings. The van der Waals surface area contributed by atoms with Crippen molar-refractivity contribution in [3.63, 3.8) is 0 Å². The van der Waals surface area contributed by atoms with E-state index in [1.807, 2.05) is 35.2 Å². The Kier molecular flexibility index (Phi) is 6.27. The molecule has 0 aromatic heterocycles. The molecule has 0 spiro atoms. The van der Waals surface area contributed by atoms with Crippen molar-refractivity contribution in [1.82, 2.24) is 4.90 Å². The number of ether oxygens (including phenoxy) is 1. The first kappa shape index (κ1) is 18.7. The molecule has 0 bridgehead atoms. The Morgan fingerprint density at radius 3 is 2.52 bits per heavy atom. The Balaban J connectivity index is 1.78. The largest absolute Gasteiger partial charge is 0.497 e. The van der Waals surface area contributed by atoms with Gasteiger partial charge in [-0.05, 0) is 54.3 Å². The van der Waals surface area contributed by atoms with Crippen LogP contribution in [0, 0.1) is 11.3 Å². The molecule has 1 saturated heterocycles. The first-order valence-corrected chi connectivity index (χ1v) is 9.34. The Morgan fingerprint density at radius 2 is 1.85 bits per heavy atom. The number of benzene rings is 2. The second kappa shape index (κ2) is 9.05. The van der Waals surface area contributed by atoms with E-state index < -0.39 is 0 Å². The molecule has 1 aliphatic rings. The van der Waals surface area contributed by atoms with Crippen LogP contribution in [0.25, 0.3) is 6.08 Å². The Morgan fingerprint density at radius 1 is 1.11 bits per heavy atom. The SMILES string of the molecule is COc1ccc([C@@H]2CCCCCN2C(=O)/C=C/c2ccc(C#N)cc2)cc1. The summed E-state index contributed by atoms with van der Waals surface area (Å²) < 4.78 is 5.25. The minimum atomic E-state index is 0.0297. The molecule has 0 aliphatic carbocycles. The summed E-state index contributed by atoms with van der Waals surface area (Å²) in [5, 5.41) is 8.88. The van der Waals surface area contributed by atoms with Gasteiger partial charge in [0, 0.05) is 12.6 Å². The Hall–Kier alpha value is -3.06. The molecule has 1 atom stereocenters. The van der Waals surface area contributed by atoms with Gasteiger partial charge >= 0.3 is 0 Å². The van der Waals surface area contributed by atoms with Crippen molar-refractivity contribution in [1.29, 1.82) is 5.26 Å². The second-order valence-corrected chi connectivity index (χ2v) is 6.74. The number of carbonyl (C=O) groups excluding carboxylic acids is 1. The van der Waals surface area contributed by atoms with Crippen molar-refractivity contribution in [2.24, 2.45) is 0 Å². The normalized spacial score (nSPS) is 17.3. The lowest BCUT2D eigenvalue weighted by Gasteiger charge is -2.29. The molecule has 27 heavy (non-hydrogen) atoms. The van der Waals surface area contributed by atoms with Gasteiger partial charge in [0.25, 0.3) is 0 Å². The summed E-state index contributed by atoms with van der Waals surface area (Å²) in [6.07, 6.45) is 7.74. The number of carbonyl (C=O) groups is 1. The van der Waals surface area contributed by atoms with Gasteiger partial charge in [-0.15, -0.1) is 0 Å². The van der Waals surface area contributed by atoms with E-state index in [9.17, 15) is 4.79 Å². The van der Waals surface area contributed by atoms with E-state index in [2.05, 4.69) is 18.2 Å². The molecule has 4 heteroatoms. The maximum Gasteiger partial charge on any atom is 0.247 e. The molecule has 138 valence electrons. The van der Waals surface area contributed by atoms with Gasteiger partial charge in [-0.25, -0.2) is 0 Å². The van der Waals surface area contributed by atoms with Gasteiger partial charge < -0.3 is 9.64 Å². The summed E-state index contributed by atoms with van der Waals surface area (Å²) in [6, 6.07) is 17.4. The number of methoxy groups -OCH3 is 1. The van der Waals surface area contributed by atoms with Gasteiger partial charge in [-0.1, -0.05) is 37.1 Å². The number of nitrogens with zero attached hydrogens (tertiary/aromatic N) is 2. The average Bonchev–Trinajstić information content (AvgIpc) is 2.98. The molecule has 4 nitrogen and oxygen atoms in total. The molecule has 3 rings (SSSR count). The third kappa shape index (κ3) is 4.77. The van der Waals surface area contributed by atoms with Crippen LogP contribution in [0.1, 0.15) is 48.4 Å². The second-order valence-electron chi connectivity index (χ2n) is 6.74. The number of nitriles is 1. The fraction of sp³-hybridized carbons (Fsp3) is 0.304. The molecular formula is C23H24N2O2. The van der Waals surface area contributed by atoms with E-state index in [1.165, 1.54) is 0 Å². The van der Waals surface area contributed by atoms with Gasteiger partial charge in [0.15, 0.2) is 0 Å².